The third-order valence-corrected chi connectivity index (χ3v) is 5.59. The van der Waals surface area contributed by atoms with E-state index in [0.29, 0.717) is 31.9 Å². The van der Waals surface area contributed by atoms with Crippen LogP contribution in [0.3, 0.4) is 0 Å². The van der Waals surface area contributed by atoms with Gasteiger partial charge in [-0.1, -0.05) is 30.3 Å². The molecule has 1 heterocycles. The fourth-order valence-corrected chi connectivity index (χ4v) is 3.70. The van der Waals surface area contributed by atoms with E-state index < -0.39 is 10.3 Å². The van der Waals surface area contributed by atoms with Crippen LogP contribution in [0.2, 0.25) is 0 Å². The lowest BCUT2D eigenvalue weighted by atomic mass is 9.83. The Morgan fingerprint density at radius 3 is 2.17 bits per heavy atom. The molecule has 0 aliphatic carbocycles. The molecule has 0 atom stereocenters. The molecule has 0 radical (unpaired) electrons. The second-order valence-electron chi connectivity index (χ2n) is 7.81. The molecule has 2 aromatic carbocycles. The average Bonchev–Trinajstić information content (AvgIpc) is 2.78. The lowest BCUT2D eigenvalue weighted by Gasteiger charge is -2.38. The van der Waals surface area contributed by atoms with E-state index in [1.807, 2.05) is 44.2 Å². The number of anilines is 1. The van der Waals surface area contributed by atoms with Crippen LogP contribution in [0, 0.1) is 10.1 Å². The summed E-state index contributed by atoms with van der Waals surface area (Å²) in [5, 5.41) is 14.0. The predicted octanol–water partition coefficient (Wildman–Crippen LogP) is 2.90. The summed E-state index contributed by atoms with van der Waals surface area (Å²) in [6.07, 6.45) is 0. The smallest absolute Gasteiger partial charge is 0.293 e. The second kappa shape index (κ2) is 8.52. The molecule has 8 nitrogen and oxygen atoms in total. The highest BCUT2D eigenvalue weighted by Crippen LogP contribution is 2.28. The summed E-state index contributed by atoms with van der Waals surface area (Å²) in [4.78, 5) is 40.1. The summed E-state index contributed by atoms with van der Waals surface area (Å²) in [6, 6.07) is 14.1. The van der Waals surface area contributed by atoms with E-state index in [-0.39, 0.29) is 23.1 Å². The molecule has 2 amide bonds. The number of carbonyl (C=O) groups is 2. The lowest BCUT2D eigenvalue weighted by molar-refractivity contribution is -0.384. The molecule has 8 heteroatoms. The largest absolute Gasteiger partial charge is 0.383 e. The van der Waals surface area contributed by atoms with Crippen LogP contribution in [0.1, 0.15) is 29.8 Å². The van der Waals surface area contributed by atoms with Crippen molar-refractivity contribution in [1.29, 1.82) is 0 Å². The van der Waals surface area contributed by atoms with Crippen molar-refractivity contribution in [2.24, 2.45) is 0 Å². The van der Waals surface area contributed by atoms with Crippen molar-refractivity contribution in [3.8, 4) is 0 Å². The summed E-state index contributed by atoms with van der Waals surface area (Å²) in [7, 11) is 1.59. The van der Waals surface area contributed by atoms with Gasteiger partial charge in [0.25, 0.3) is 11.6 Å². The van der Waals surface area contributed by atoms with E-state index in [9.17, 15) is 19.7 Å². The van der Waals surface area contributed by atoms with Crippen molar-refractivity contribution < 1.29 is 14.5 Å². The number of amides is 2. The normalized spacial score (nSPS) is 14.4. The predicted molar refractivity (Wildman–Crippen MR) is 115 cm³/mol. The Morgan fingerprint density at radius 1 is 1.00 bits per heavy atom. The zero-order chi connectivity index (χ0) is 21.9. The molecule has 1 aliphatic rings. The molecule has 0 aromatic heterocycles. The number of piperazine rings is 1. The molecule has 1 N–H and O–H groups in total. The molecule has 0 saturated carbocycles. The molecular weight excluding hydrogens is 384 g/mol. The van der Waals surface area contributed by atoms with Gasteiger partial charge < -0.3 is 15.1 Å². The Morgan fingerprint density at radius 2 is 1.60 bits per heavy atom. The van der Waals surface area contributed by atoms with Gasteiger partial charge in [-0.15, -0.1) is 0 Å². The summed E-state index contributed by atoms with van der Waals surface area (Å²) >= 11 is 0. The van der Waals surface area contributed by atoms with Crippen molar-refractivity contribution in [3.05, 3.63) is 69.8 Å². The number of rotatable bonds is 5. The maximum Gasteiger partial charge on any atom is 0.293 e. The van der Waals surface area contributed by atoms with Crippen LogP contribution >= 0.6 is 0 Å². The monoisotopic (exact) mass is 410 g/mol. The summed E-state index contributed by atoms with van der Waals surface area (Å²) in [6.45, 7) is 5.44. The Hall–Kier alpha value is -3.42. The number of nitrogens with one attached hydrogen (secondary N) is 1. The van der Waals surface area contributed by atoms with Crippen LogP contribution in [0.4, 0.5) is 11.4 Å². The van der Waals surface area contributed by atoms with Crippen LogP contribution < -0.4 is 5.32 Å². The van der Waals surface area contributed by atoms with Gasteiger partial charge in [0.05, 0.1) is 10.3 Å². The van der Waals surface area contributed by atoms with Crippen LogP contribution in [-0.2, 0) is 10.2 Å². The molecule has 158 valence electrons. The first-order valence-electron chi connectivity index (χ1n) is 9.86. The number of benzene rings is 2. The Balaban J connectivity index is 1.68. The number of carbonyl (C=O) groups excluding carboxylic acids is 2. The molecule has 1 aliphatic heterocycles. The zero-order valence-electron chi connectivity index (χ0n) is 17.4. The molecule has 2 aromatic rings. The van der Waals surface area contributed by atoms with Gasteiger partial charge in [0.1, 0.15) is 5.69 Å². The topological polar surface area (TPSA) is 95.8 Å². The first-order chi connectivity index (χ1) is 14.3. The van der Waals surface area contributed by atoms with Crippen LogP contribution in [0.5, 0.6) is 0 Å². The Labute approximate surface area is 175 Å². The minimum atomic E-state index is -0.656. The highest BCUT2D eigenvalue weighted by Gasteiger charge is 2.35. The number of nitrogens with zero attached hydrogens (tertiary/aromatic N) is 3. The van der Waals surface area contributed by atoms with Gasteiger partial charge in [0.2, 0.25) is 5.91 Å². The second-order valence-corrected chi connectivity index (χ2v) is 7.81. The zero-order valence-corrected chi connectivity index (χ0v) is 17.4. The SMILES string of the molecule is CNc1ccc(C(=O)N2CCN(C(=O)C(C)(C)c3ccccc3)CC2)cc1[N+](=O)[O-]. The molecule has 0 unspecified atom stereocenters. The third-order valence-electron chi connectivity index (χ3n) is 5.59. The van der Waals surface area contributed by atoms with Gasteiger partial charge in [-0.3, -0.25) is 19.7 Å². The molecule has 0 spiro atoms. The fraction of sp³-hybridized carbons (Fsp3) is 0.364. The van der Waals surface area contributed by atoms with Crippen molar-refractivity contribution in [1.82, 2.24) is 9.80 Å². The lowest BCUT2D eigenvalue weighted by Crippen LogP contribution is -2.54. The minimum absolute atomic E-state index is 0.0230. The van der Waals surface area contributed by atoms with Crippen molar-refractivity contribution in [3.63, 3.8) is 0 Å². The van der Waals surface area contributed by atoms with E-state index in [2.05, 4.69) is 5.32 Å². The first-order valence-corrected chi connectivity index (χ1v) is 9.86. The van der Waals surface area contributed by atoms with Gasteiger partial charge in [0.15, 0.2) is 0 Å². The van der Waals surface area contributed by atoms with E-state index >= 15 is 0 Å². The number of hydrogen-bond donors (Lipinski definition) is 1. The van der Waals surface area contributed by atoms with Crippen LogP contribution in [-0.4, -0.2) is 59.8 Å². The Bertz CT molecular complexity index is 951. The van der Waals surface area contributed by atoms with E-state index in [0.717, 1.165) is 5.56 Å². The van der Waals surface area contributed by atoms with Crippen LogP contribution in [0.25, 0.3) is 0 Å². The minimum Gasteiger partial charge on any atom is -0.383 e. The molecule has 30 heavy (non-hydrogen) atoms. The molecule has 0 bridgehead atoms. The average molecular weight is 410 g/mol. The third kappa shape index (κ3) is 4.12. The van der Waals surface area contributed by atoms with Gasteiger partial charge >= 0.3 is 0 Å². The van der Waals surface area contributed by atoms with Gasteiger partial charge in [-0.25, -0.2) is 0 Å². The fourth-order valence-electron chi connectivity index (χ4n) is 3.70. The van der Waals surface area contributed by atoms with Gasteiger partial charge in [-0.2, -0.15) is 0 Å². The summed E-state index contributed by atoms with van der Waals surface area (Å²) in [5.74, 6) is -0.245. The van der Waals surface area contributed by atoms with Gasteiger partial charge in [-0.05, 0) is 31.5 Å². The molecular formula is C22H26N4O4. The standard InChI is InChI=1S/C22H26N4O4/c1-22(2,17-7-5-4-6-8-17)21(28)25-13-11-24(12-14-25)20(27)16-9-10-18(23-3)19(15-16)26(29)30/h4-10,15,23H,11-14H2,1-3H3. The quantitative estimate of drug-likeness (QED) is 0.604. The van der Waals surface area contributed by atoms with E-state index in [1.165, 1.54) is 12.1 Å². The first kappa shape index (κ1) is 21.3. The summed E-state index contributed by atoms with van der Waals surface area (Å²) in [5.41, 5.74) is 0.782. The van der Waals surface area contributed by atoms with Crippen molar-refractivity contribution in [2.45, 2.75) is 19.3 Å². The maximum atomic E-state index is 13.1. The number of hydrogen-bond acceptors (Lipinski definition) is 5. The van der Waals surface area contributed by atoms with Crippen molar-refractivity contribution >= 4 is 23.2 Å². The highest BCUT2D eigenvalue weighted by atomic mass is 16.6. The summed E-state index contributed by atoms with van der Waals surface area (Å²) < 4.78 is 0. The van der Waals surface area contributed by atoms with Gasteiger partial charge in [0, 0.05) is 44.9 Å². The Kier molecular flexibility index (Phi) is 6.05. The number of nitro benzene ring substituents is 1. The van der Waals surface area contributed by atoms with E-state index in [1.54, 1.807) is 22.9 Å². The number of nitro groups is 1. The highest BCUT2D eigenvalue weighted by molar-refractivity contribution is 5.96. The molecule has 3 rings (SSSR count). The van der Waals surface area contributed by atoms with Crippen molar-refractivity contribution in [2.75, 3.05) is 38.5 Å². The molecule has 1 saturated heterocycles. The molecule has 1 fully saturated rings. The van der Waals surface area contributed by atoms with Crippen LogP contribution in [0.15, 0.2) is 48.5 Å². The van der Waals surface area contributed by atoms with E-state index in [4.69, 9.17) is 0 Å². The maximum absolute atomic E-state index is 13.1.